The summed E-state index contributed by atoms with van der Waals surface area (Å²) in [5.41, 5.74) is 1.79. The second-order valence-electron chi connectivity index (χ2n) is 5.99. The first kappa shape index (κ1) is 15.8. The Labute approximate surface area is 136 Å². The van der Waals surface area contributed by atoms with Crippen molar-refractivity contribution in [2.24, 2.45) is 0 Å². The largest absolute Gasteiger partial charge is 0.367 e. The van der Waals surface area contributed by atoms with Crippen molar-refractivity contribution in [2.75, 3.05) is 31.5 Å². The third-order valence-corrected chi connectivity index (χ3v) is 4.27. The van der Waals surface area contributed by atoms with Gasteiger partial charge in [0.1, 0.15) is 17.3 Å². The van der Waals surface area contributed by atoms with Gasteiger partial charge in [-0.2, -0.15) is 0 Å². The summed E-state index contributed by atoms with van der Waals surface area (Å²) in [5, 5.41) is 11.8. The Morgan fingerprint density at radius 1 is 1.22 bits per heavy atom. The van der Waals surface area contributed by atoms with Crippen molar-refractivity contribution in [3.05, 3.63) is 47.2 Å². The Morgan fingerprint density at radius 3 is 2.61 bits per heavy atom. The Balaban J connectivity index is 1.75. The van der Waals surface area contributed by atoms with Gasteiger partial charge in [-0.05, 0) is 44.1 Å². The van der Waals surface area contributed by atoms with Crippen LogP contribution in [0.1, 0.15) is 36.3 Å². The van der Waals surface area contributed by atoms with Crippen LogP contribution in [0.4, 0.5) is 10.2 Å². The molecule has 5 nitrogen and oxygen atoms in total. The van der Waals surface area contributed by atoms with E-state index in [1.807, 2.05) is 13.8 Å². The molecule has 0 aliphatic carbocycles. The first-order chi connectivity index (χ1) is 11.1. The third kappa shape index (κ3) is 3.82. The van der Waals surface area contributed by atoms with Crippen LogP contribution in [0, 0.1) is 12.7 Å². The number of nitrogens with one attached hydrogen (secondary N) is 1. The van der Waals surface area contributed by atoms with Gasteiger partial charge in [0.05, 0.1) is 0 Å². The number of aromatic nitrogens is 3. The highest BCUT2D eigenvalue weighted by molar-refractivity contribution is 5.45. The summed E-state index contributed by atoms with van der Waals surface area (Å²) in [5.74, 6) is 1.19. The van der Waals surface area contributed by atoms with E-state index in [1.165, 1.54) is 31.6 Å². The zero-order valence-electron chi connectivity index (χ0n) is 13.6. The maximum atomic E-state index is 13.1. The van der Waals surface area contributed by atoms with Crippen LogP contribution >= 0.6 is 0 Å². The lowest BCUT2D eigenvalue weighted by molar-refractivity contribution is 0.189. The van der Waals surface area contributed by atoms with E-state index in [-0.39, 0.29) is 11.7 Å². The molecule has 3 rings (SSSR count). The third-order valence-electron chi connectivity index (χ3n) is 4.27. The van der Waals surface area contributed by atoms with Gasteiger partial charge in [-0.15, -0.1) is 10.2 Å². The number of aryl methyl sites for hydroxylation is 1. The molecule has 0 amide bonds. The first-order valence-corrected chi connectivity index (χ1v) is 8.06. The van der Waals surface area contributed by atoms with Crippen molar-refractivity contribution in [3.8, 4) is 0 Å². The van der Waals surface area contributed by atoms with Crippen LogP contribution in [-0.2, 0) is 0 Å². The topological polar surface area (TPSA) is 53.9 Å². The highest BCUT2D eigenvalue weighted by Crippen LogP contribution is 2.26. The second kappa shape index (κ2) is 7.00. The standard InChI is InChI=1S/C17H22FN5/c1-12(14-4-6-15(18)7-5-14)16-17(20-13(2)21-22-16)19-8-11-23-9-3-10-23/h4-7,12H,3,8-11H2,1-2H3,(H,19,20,21). The quantitative estimate of drug-likeness (QED) is 0.888. The molecule has 1 aliphatic rings. The molecular weight excluding hydrogens is 293 g/mol. The van der Waals surface area contributed by atoms with Crippen molar-refractivity contribution in [1.29, 1.82) is 0 Å². The SMILES string of the molecule is Cc1nnc(C(C)c2ccc(F)cc2)c(NCCN2CCC2)n1. The van der Waals surface area contributed by atoms with Gasteiger partial charge < -0.3 is 10.2 Å². The molecule has 1 fully saturated rings. The average Bonchev–Trinajstić information content (AvgIpc) is 2.50. The fourth-order valence-electron chi connectivity index (χ4n) is 2.68. The molecule has 1 aromatic heterocycles. The smallest absolute Gasteiger partial charge is 0.152 e. The molecule has 1 aromatic carbocycles. The van der Waals surface area contributed by atoms with Gasteiger partial charge in [-0.25, -0.2) is 9.37 Å². The van der Waals surface area contributed by atoms with Crippen LogP contribution in [0.2, 0.25) is 0 Å². The van der Waals surface area contributed by atoms with Crippen LogP contribution in [0.3, 0.4) is 0 Å². The molecule has 1 atom stereocenters. The van der Waals surface area contributed by atoms with Gasteiger partial charge in [0.15, 0.2) is 5.82 Å². The molecule has 1 N–H and O–H groups in total. The summed E-state index contributed by atoms with van der Waals surface area (Å²) in [4.78, 5) is 6.90. The van der Waals surface area contributed by atoms with E-state index in [1.54, 1.807) is 12.1 Å². The number of likely N-dealkylation sites (tertiary alicyclic amines) is 1. The molecule has 122 valence electrons. The minimum atomic E-state index is -0.234. The van der Waals surface area contributed by atoms with Crippen molar-refractivity contribution < 1.29 is 4.39 Å². The van der Waals surface area contributed by atoms with E-state index >= 15 is 0 Å². The fraction of sp³-hybridized carbons (Fsp3) is 0.471. The summed E-state index contributed by atoms with van der Waals surface area (Å²) >= 11 is 0. The highest BCUT2D eigenvalue weighted by atomic mass is 19.1. The van der Waals surface area contributed by atoms with E-state index in [4.69, 9.17) is 0 Å². The molecule has 0 spiro atoms. The maximum absolute atomic E-state index is 13.1. The van der Waals surface area contributed by atoms with Crippen LogP contribution in [0.25, 0.3) is 0 Å². The lowest BCUT2D eigenvalue weighted by Gasteiger charge is -2.30. The molecular formula is C17H22FN5. The summed E-state index contributed by atoms with van der Waals surface area (Å²) < 4.78 is 13.1. The lowest BCUT2D eigenvalue weighted by atomic mass is 9.97. The maximum Gasteiger partial charge on any atom is 0.152 e. The normalized spacial score (nSPS) is 16.0. The van der Waals surface area contributed by atoms with Gasteiger partial charge in [-0.3, -0.25) is 0 Å². The van der Waals surface area contributed by atoms with E-state index < -0.39 is 0 Å². The van der Waals surface area contributed by atoms with Crippen LogP contribution in [-0.4, -0.2) is 46.3 Å². The minimum absolute atomic E-state index is 0.00251. The number of rotatable bonds is 6. The van der Waals surface area contributed by atoms with Crippen LogP contribution < -0.4 is 5.32 Å². The number of halogens is 1. The van der Waals surface area contributed by atoms with Gasteiger partial charge >= 0.3 is 0 Å². The number of hydrogen-bond donors (Lipinski definition) is 1. The molecule has 1 aliphatic heterocycles. The molecule has 23 heavy (non-hydrogen) atoms. The van der Waals surface area contributed by atoms with Gasteiger partial charge in [0.2, 0.25) is 0 Å². The Kier molecular flexibility index (Phi) is 4.81. The zero-order valence-corrected chi connectivity index (χ0v) is 13.6. The second-order valence-corrected chi connectivity index (χ2v) is 5.99. The fourth-order valence-corrected chi connectivity index (χ4v) is 2.68. The molecule has 0 saturated carbocycles. The summed E-state index contributed by atoms with van der Waals surface area (Å²) in [6.07, 6.45) is 1.29. The zero-order chi connectivity index (χ0) is 16.2. The number of benzene rings is 1. The molecule has 1 saturated heterocycles. The molecule has 1 unspecified atom stereocenters. The van der Waals surface area contributed by atoms with Gasteiger partial charge in [0.25, 0.3) is 0 Å². The number of anilines is 1. The molecule has 2 heterocycles. The van der Waals surface area contributed by atoms with Crippen LogP contribution in [0.15, 0.2) is 24.3 Å². The van der Waals surface area contributed by atoms with E-state index in [2.05, 4.69) is 25.4 Å². The van der Waals surface area contributed by atoms with E-state index in [0.29, 0.717) is 5.82 Å². The van der Waals surface area contributed by atoms with Crippen LogP contribution in [0.5, 0.6) is 0 Å². The number of nitrogens with zero attached hydrogens (tertiary/aromatic N) is 4. The Bertz CT molecular complexity index is 655. The van der Waals surface area contributed by atoms with Crippen molar-refractivity contribution >= 4 is 5.82 Å². The minimum Gasteiger partial charge on any atom is -0.367 e. The molecule has 0 bridgehead atoms. The molecule has 2 aromatic rings. The number of hydrogen-bond acceptors (Lipinski definition) is 5. The summed E-state index contributed by atoms with van der Waals surface area (Å²) in [7, 11) is 0. The van der Waals surface area contributed by atoms with Gasteiger partial charge in [0, 0.05) is 19.0 Å². The molecule has 0 radical (unpaired) electrons. The monoisotopic (exact) mass is 315 g/mol. The Hall–Kier alpha value is -2.08. The average molecular weight is 315 g/mol. The van der Waals surface area contributed by atoms with Crippen molar-refractivity contribution in [1.82, 2.24) is 20.1 Å². The van der Waals surface area contributed by atoms with E-state index in [0.717, 1.165) is 30.2 Å². The predicted octanol–water partition coefficient (Wildman–Crippen LogP) is 2.59. The summed E-state index contributed by atoms with van der Waals surface area (Å²) in [6.45, 7) is 8.08. The van der Waals surface area contributed by atoms with E-state index in [9.17, 15) is 4.39 Å². The van der Waals surface area contributed by atoms with Crippen molar-refractivity contribution in [2.45, 2.75) is 26.2 Å². The van der Waals surface area contributed by atoms with Crippen molar-refractivity contribution in [3.63, 3.8) is 0 Å². The van der Waals surface area contributed by atoms with Gasteiger partial charge in [-0.1, -0.05) is 19.1 Å². The summed E-state index contributed by atoms with van der Waals surface area (Å²) in [6, 6.07) is 6.51. The predicted molar refractivity (Wildman–Crippen MR) is 88.0 cm³/mol. The Morgan fingerprint density at radius 2 is 1.96 bits per heavy atom. The molecule has 6 heteroatoms. The first-order valence-electron chi connectivity index (χ1n) is 8.06. The lowest BCUT2D eigenvalue weighted by Crippen LogP contribution is -2.40. The highest BCUT2D eigenvalue weighted by Gasteiger charge is 2.18.